The van der Waals surface area contributed by atoms with Crippen molar-refractivity contribution in [1.82, 2.24) is 4.90 Å². The number of aliphatic hydroxyl groups is 1. The van der Waals surface area contributed by atoms with Gasteiger partial charge in [-0.05, 0) is 37.4 Å². The molecule has 0 aliphatic heterocycles. The molecule has 94 valence electrons. The van der Waals surface area contributed by atoms with E-state index in [0.717, 1.165) is 13.1 Å². The predicted molar refractivity (Wildman–Crippen MR) is 69.0 cm³/mol. The number of likely N-dealkylation sites (N-methyl/N-ethyl adjacent to an activating group) is 1. The van der Waals surface area contributed by atoms with Gasteiger partial charge in [-0.1, -0.05) is 13.8 Å². The van der Waals surface area contributed by atoms with Gasteiger partial charge in [-0.25, -0.2) is 0 Å². The van der Waals surface area contributed by atoms with Gasteiger partial charge in [-0.15, -0.1) is 0 Å². The van der Waals surface area contributed by atoms with E-state index in [1.54, 1.807) is 24.3 Å². The van der Waals surface area contributed by atoms with Gasteiger partial charge < -0.3 is 10.8 Å². The van der Waals surface area contributed by atoms with Crippen molar-refractivity contribution in [2.75, 3.05) is 25.4 Å². The summed E-state index contributed by atoms with van der Waals surface area (Å²) < 4.78 is 0. The van der Waals surface area contributed by atoms with Crippen LogP contribution in [0.4, 0.5) is 5.69 Å². The zero-order valence-electron chi connectivity index (χ0n) is 10.4. The lowest BCUT2D eigenvalue weighted by atomic mass is 10.0. The molecular weight excluding hydrogens is 216 g/mol. The molecule has 1 aromatic rings. The van der Waals surface area contributed by atoms with E-state index in [9.17, 15) is 9.90 Å². The third kappa shape index (κ3) is 3.28. The van der Waals surface area contributed by atoms with Crippen LogP contribution in [-0.2, 0) is 0 Å². The van der Waals surface area contributed by atoms with Crippen LogP contribution in [-0.4, -0.2) is 41.5 Å². The Labute approximate surface area is 102 Å². The average molecular weight is 236 g/mol. The Hall–Kier alpha value is -1.39. The molecule has 1 aromatic carbocycles. The van der Waals surface area contributed by atoms with Crippen LogP contribution in [0.2, 0.25) is 0 Å². The van der Waals surface area contributed by atoms with E-state index in [1.807, 2.05) is 18.7 Å². The van der Waals surface area contributed by atoms with Gasteiger partial charge in [0.25, 0.3) is 0 Å². The Kier molecular flexibility index (Phi) is 5.12. The van der Waals surface area contributed by atoms with Gasteiger partial charge in [0.05, 0.1) is 12.6 Å². The number of anilines is 1. The van der Waals surface area contributed by atoms with E-state index < -0.39 is 6.04 Å². The van der Waals surface area contributed by atoms with E-state index in [2.05, 4.69) is 0 Å². The highest BCUT2D eigenvalue weighted by atomic mass is 16.3. The number of carbonyl (C=O) groups excluding carboxylic acids is 1. The van der Waals surface area contributed by atoms with Crippen LogP contribution in [0.1, 0.15) is 24.2 Å². The van der Waals surface area contributed by atoms with Crippen molar-refractivity contribution in [3.05, 3.63) is 29.8 Å². The summed E-state index contributed by atoms with van der Waals surface area (Å²) in [6.07, 6.45) is 0. The number of hydrogen-bond donors (Lipinski definition) is 2. The second kappa shape index (κ2) is 6.37. The number of carbonyl (C=O) groups is 1. The maximum absolute atomic E-state index is 12.2. The summed E-state index contributed by atoms with van der Waals surface area (Å²) in [5.74, 6) is -0.0591. The lowest BCUT2D eigenvalue weighted by molar-refractivity contribution is 0.0723. The first-order valence-corrected chi connectivity index (χ1v) is 5.88. The van der Waals surface area contributed by atoms with Gasteiger partial charge in [0.15, 0.2) is 5.78 Å². The Morgan fingerprint density at radius 3 is 2.24 bits per heavy atom. The van der Waals surface area contributed by atoms with Gasteiger partial charge in [0.1, 0.15) is 0 Å². The number of benzene rings is 1. The molecule has 17 heavy (non-hydrogen) atoms. The third-order valence-corrected chi connectivity index (χ3v) is 2.92. The molecule has 4 heteroatoms. The summed E-state index contributed by atoms with van der Waals surface area (Å²) in [7, 11) is 0. The van der Waals surface area contributed by atoms with Crippen molar-refractivity contribution in [3.63, 3.8) is 0 Å². The van der Waals surface area contributed by atoms with Crippen LogP contribution >= 0.6 is 0 Å². The third-order valence-electron chi connectivity index (χ3n) is 2.92. The molecule has 0 aliphatic carbocycles. The highest BCUT2D eigenvalue weighted by molar-refractivity contribution is 6.00. The normalized spacial score (nSPS) is 12.7. The molecule has 0 radical (unpaired) electrons. The lowest BCUT2D eigenvalue weighted by Crippen LogP contribution is -2.43. The summed E-state index contributed by atoms with van der Waals surface area (Å²) in [6, 6.07) is 6.33. The summed E-state index contributed by atoms with van der Waals surface area (Å²) in [6.45, 7) is 5.26. The molecule has 0 bridgehead atoms. The molecule has 0 aliphatic rings. The van der Waals surface area contributed by atoms with Crippen LogP contribution in [0, 0.1) is 0 Å². The zero-order chi connectivity index (χ0) is 12.8. The van der Waals surface area contributed by atoms with E-state index >= 15 is 0 Å². The summed E-state index contributed by atoms with van der Waals surface area (Å²) in [4.78, 5) is 14.1. The fourth-order valence-corrected chi connectivity index (χ4v) is 1.87. The Bertz CT molecular complexity index is 358. The van der Waals surface area contributed by atoms with Crippen molar-refractivity contribution in [2.24, 2.45) is 0 Å². The van der Waals surface area contributed by atoms with Crippen molar-refractivity contribution < 1.29 is 9.90 Å². The number of hydrogen-bond acceptors (Lipinski definition) is 4. The summed E-state index contributed by atoms with van der Waals surface area (Å²) in [5.41, 5.74) is 6.79. The molecule has 0 aromatic heterocycles. The summed E-state index contributed by atoms with van der Waals surface area (Å²) >= 11 is 0. The van der Waals surface area contributed by atoms with Gasteiger partial charge in [-0.2, -0.15) is 0 Å². The van der Waals surface area contributed by atoms with Gasteiger partial charge in [-0.3, -0.25) is 9.69 Å². The largest absolute Gasteiger partial charge is 0.399 e. The van der Waals surface area contributed by atoms with Crippen molar-refractivity contribution in [3.8, 4) is 0 Å². The van der Waals surface area contributed by atoms with E-state index in [1.165, 1.54) is 0 Å². The molecule has 1 atom stereocenters. The minimum absolute atomic E-state index is 0.0591. The van der Waals surface area contributed by atoms with Gasteiger partial charge >= 0.3 is 0 Å². The zero-order valence-corrected chi connectivity index (χ0v) is 10.4. The maximum Gasteiger partial charge on any atom is 0.182 e. The molecule has 0 saturated heterocycles. The van der Waals surface area contributed by atoms with Crippen LogP contribution in [0.3, 0.4) is 0 Å². The topological polar surface area (TPSA) is 66.6 Å². The lowest BCUT2D eigenvalue weighted by Gasteiger charge is -2.26. The molecule has 0 amide bonds. The quantitative estimate of drug-likeness (QED) is 0.574. The van der Waals surface area contributed by atoms with Crippen LogP contribution in [0.15, 0.2) is 24.3 Å². The van der Waals surface area contributed by atoms with Gasteiger partial charge in [0.2, 0.25) is 0 Å². The Morgan fingerprint density at radius 1 is 1.29 bits per heavy atom. The predicted octanol–water partition coefficient (Wildman–Crippen LogP) is 1.15. The van der Waals surface area contributed by atoms with Crippen LogP contribution in [0.25, 0.3) is 0 Å². The monoisotopic (exact) mass is 236 g/mol. The average Bonchev–Trinajstić information content (AvgIpc) is 2.36. The number of Topliss-reactive ketones (excluding diaryl/α,β-unsaturated/α-hetero) is 1. The molecule has 0 spiro atoms. The van der Waals surface area contributed by atoms with Crippen LogP contribution < -0.4 is 5.73 Å². The number of nitrogens with zero attached hydrogens (tertiary/aromatic N) is 1. The molecule has 1 rings (SSSR count). The maximum atomic E-state index is 12.2. The van der Waals surface area contributed by atoms with Crippen molar-refractivity contribution >= 4 is 11.5 Å². The second-order valence-corrected chi connectivity index (χ2v) is 3.91. The molecule has 0 saturated carbocycles. The Balaban J connectivity index is 2.89. The summed E-state index contributed by atoms with van der Waals surface area (Å²) in [5, 5.41) is 9.36. The smallest absolute Gasteiger partial charge is 0.182 e. The highest BCUT2D eigenvalue weighted by Crippen LogP contribution is 2.11. The standard InChI is InChI=1S/C13H20N2O2/c1-3-15(4-2)12(9-16)13(17)10-5-7-11(14)8-6-10/h5-8,12,16H,3-4,9,14H2,1-2H3. The minimum Gasteiger partial charge on any atom is -0.399 e. The molecule has 0 heterocycles. The molecule has 0 fully saturated rings. The van der Waals surface area contributed by atoms with E-state index in [-0.39, 0.29) is 12.4 Å². The SMILES string of the molecule is CCN(CC)C(CO)C(=O)c1ccc(N)cc1. The van der Waals surface area contributed by atoms with Crippen LogP contribution in [0.5, 0.6) is 0 Å². The van der Waals surface area contributed by atoms with Crippen molar-refractivity contribution in [1.29, 1.82) is 0 Å². The number of rotatable bonds is 6. The Morgan fingerprint density at radius 2 is 1.82 bits per heavy atom. The fourth-order valence-electron chi connectivity index (χ4n) is 1.87. The highest BCUT2D eigenvalue weighted by Gasteiger charge is 2.23. The van der Waals surface area contributed by atoms with E-state index in [0.29, 0.717) is 11.3 Å². The molecule has 1 unspecified atom stereocenters. The van der Waals surface area contributed by atoms with E-state index in [4.69, 9.17) is 5.73 Å². The second-order valence-electron chi connectivity index (χ2n) is 3.91. The minimum atomic E-state index is -0.464. The van der Waals surface area contributed by atoms with Crippen molar-refractivity contribution in [2.45, 2.75) is 19.9 Å². The number of aliphatic hydroxyl groups excluding tert-OH is 1. The molecule has 4 nitrogen and oxygen atoms in total. The fraction of sp³-hybridized carbons (Fsp3) is 0.462. The first-order chi connectivity index (χ1) is 8.13. The molecular formula is C13H20N2O2. The molecule has 3 N–H and O–H groups in total. The first kappa shape index (κ1) is 13.7. The number of nitrogen functional groups attached to an aromatic ring is 1. The number of nitrogens with two attached hydrogens (primary N) is 1. The first-order valence-electron chi connectivity index (χ1n) is 5.88. The van der Waals surface area contributed by atoms with Gasteiger partial charge in [0, 0.05) is 11.3 Å². The number of ketones is 1.